The van der Waals surface area contributed by atoms with Crippen LogP contribution in [0, 0.1) is 0 Å². The Morgan fingerprint density at radius 1 is 1.40 bits per heavy atom. The molecule has 0 aromatic rings. The second-order valence-electron chi connectivity index (χ2n) is 0.105. The van der Waals surface area contributed by atoms with Crippen LogP contribution in [0.2, 0.25) is 0 Å². The first-order valence-electron chi connectivity index (χ1n) is 0.654. The molecule has 0 N–H and O–H groups in total. The Kier molecular flexibility index (Phi) is 41.9. The molecule has 0 fully saturated rings. The maximum absolute atomic E-state index is 8.28. The van der Waals surface area contributed by atoms with Crippen molar-refractivity contribution in [2.45, 2.75) is 0 Å². The fourth-order valence-corrected chi connectivity index (χ4v) is 0. The van der Waals surface area contributed by atoms with Crippen LogP contribution in [-0.4, -0.2) is 22.4 Å². The molecular weight excluding hydrogens is 124 g/mol. The van der Waals surface area contributed by atoms with Crippen LogP contribution < -0.4 is 0 Å². The third kappa shape index (κ3) is 78.9. The van der Waals surface area contributed by atoms with Crippen molar-refractivity contribution in [2.24, 2.45) is 0 Å². The van der Waals surface area contributed by atoms with Crippen molar-refractivity contribution in [3.05, 3.63) is 0 Å². The summed E-state index contributed by atoms with van der Waals surface area (Å²) in [5, 5.41) is 0. The van der Waals surface area contributed by atoms with Gasteiger partial charge in [-0.15, -0.1) is 0 Å². The van der Waals surface area contributed by atoms with E-state index in [1.165, 1.54) is 0 Å². The Morgan fingerprint density at radius 3 is 1.40 bits per heavy atom. The van der Waals surface area contributed by atoms with Crippen molar-refractivity contribution in [2.75, 3.05) is 0 Å². The second-order valence-corrected chi connectivity index (χ2v) is 0.435. The van der Waals surface area contributed by atoms with Crippen molar-refractivity contribution in [1.82, 2.24) is 0 Å². The Balaban J connectivity index is 0. The van der Waals surface area contributed by atoms with Crippen molar-refractivity contribution in [3.63, 3.8) is 0 Å². The molecule has 0 saturated heterocycles. The molecule has 0 aliphatic rings. The van der Waals surface area contributed by atoms with E-state index < -0.39 is 0 Å². The summed E-state index contributed by atoms with van der Waals surface area (Å²) >= 11 is 0.625. The van der Waals surface area contributed by atoms with Crippen LogP contribution in [0.15, 0.2) is 0 Å². The first-order valence-corrected chi connectivity index (χ1v) is 2.37. The molecule has 0 aliphatic carbocycles. The molecule has 0 bridgehead atoms. The molecule has 0 amide bonds. The van der Waals surface area contributed by atoms with Gasteiger partial charge in [0.15, 0.2) is 0 Å². The van der Waals surface area contributed by atoms with E-state index >= 15 is 0 Å². The number of hydrogen-bond donors (Lipinski definition) is 0. The van der Waals surface area contributed by atoms with Crippen molar-refractivity contribution < 1.29 is 17.3 Å². The Hall–Kier alpha value is 0.640. The summed E-state index contributed by atoms with van der Waals surface area (Å²) < 4.78 is 8.28. The zero-order valence-corrected chi connectivity index (χ0v) is 4.99. The van der Waals surface area contributed by atoms with Gasteiger partial charge in [-0.2, -0.15) is 0 Å². The molecule has 1 nitrogen and oxygen atoms in total. The van der Waals surface area contributed by atoms with Gasteiger partial charge < -0.3 is 4.46 Å². The van der Waals surface area contributed by atoms with Crippen molar-refractivity contribution in [3.8, 4) is 0 Å². The first kappa shape index (κ1) is 9.16. The Morgan fingerprint density at radius 2 is 1.40 bits per heavy atom. The average Bonchev–Trinajstić information content (AvgIpc) is 1.46. The SMILES string of the molecule is O=[SiH2].[B]#[Ni]#[B]. The molecule has 5 heavy (non-hydrogen) atoms. The summed E-state index contributed by atoms with van der Waals surface area (Å²) in [5.41, 5.74) is 0. The summed E-state index contributed by atoms with van der Waals surface area (Å²) in [7, 11) is 0.611. The third-order valence-corrected chi connectivity index (χ3v) is 0. The molecule has 0 heterocycles. The predicted octanol–water partition coefficient (Wildman–Crippen LogP) is -1.80. The van der Waals surface area contributed by atoms with Crippen LogP contribution in [0.25, 0.3) is 0 Å². The van der Waals surface area contributed by atoms with E-state index in [-0.39, 0.29) is 0 Å². The monoisotopic (exact) mass is 126 g/mol. The van der Waals surface area contributed by atoms with Crippen LogP contribution in [0.1, 0.15) is 0 Å². The van der Waals surface area contributed by atoms with Crippen LogP contribution in [0.5, 0.6) is 0 Å². The fraction of sp³-hybridized carbons (Fsp3) is 0. The molecular formula is H2B2NiOSi. The Labute approximate surface area is 40.2 Å². The normalized spacial score (nSPS) is 4.80. The summed E-state index contributed by atoms with van der Waals surface area (Å²) in [6.45, 7) is 0. The van der Waals surface area contributed by atoms with Gasteiger partial charge in [0.2, 0.25) is 10.1 Å². The zero-order valence-electron chi connectivity index (χ0n) is 2.59. The summed E-state index contributed by atoms with van der Waals surface area (Å²) in [5.74, 6) is 0. The molecule has 0 aromatic carbocycles. The van der Waals surface area contributed by atoms with Crippen LogP contribution in [0.4, 0.5) is 0 Å². The topological polar surface area (TPSA) is 17.1 Å². The number of rotatable bonds is 0. The molecule has 0 radical (unpaired) electrons. The Bertz CT molecular complexity index is 93.6. The van der Waals surface area contributed by atoms with Crippen molar-refractivity contribution in [1.29, 1.82) is 0 Å². The van der Waals surface area contributed by atoms with Gasteiger partial charge >= 0.3 is 25.0 Å². The minimum atomic E-state index is 0.611. The predicted molar refractivity (Wildman–Crippen MR) is 20.7 cm³/mol. The molecule has 28 valence electrons. The van der Waals surface area contributed by atoms with E-state index in [2.05, 4.69) is 12.2 Å². The van der Waals surface area contributed by atoms with Gasteiger partial charge in [-0.1, -0.05) is 0 Å². The molecule has 0 spiro atoms. The molecule has 5 heteroatoms. The van der Waals surface area contributed by atoms with Gasteiger partial charge in [-0.25, -0.2) is 0 Å². The van der Waals surface area contributed by atoms with E-state index in [4.69, 9.17) is 4.46 Å². The average molecular weight is 126 g/mol. The van der Waals surface area contributed by atoms with Crippen molar-refractivity contribution >= 4 is 22.4 Å². The zero-order chi connectivity index (χ0) is 4.71. The molecule has 0 atom stereocenters. The van der Waals surface area contributed by atoms with E-state index in [0.717, 1.165) is 0 Å². The molecule has 0 aliphatic heterocycles. The summed E-state index contributed by atoms with van der Waals surface area (Å²) in [4.78, 5) is 0. The van der Waals surface area contributed by atoms with Gasteiger partial charge in [-0.05, 0) is 0 Å². The molecule has 0 rings (SSSR count). The van der Waals surface area contributed by atoms with Gasteiger partial charge in [0.25, 0.3) is 0 Å². The minimum absolute atomic E-state index is 0.611. The summed E-state index contributed by atoms with van der Waals surface area (Å²) in [6, 6.07) is 0. The van der Waals surface area contributed by atoms with Gasteiger partial charge in [0.05, 0.1) is 0 Å². The molecule has 0 saturated carbocycles. The standard InChI is InChI=1S/2B.Ni.H2OSi/c;;;1-2/h;;;2H2. The van der Waals surface area contributed by atoms with Crippen LogP contribution >= 0.6 is 0 Å². The maximum atomic E-state index is 8.28. The van der Waals surface area contributed by atoms with Gasteiger partial charge in [0.1, 0.15) is 0 Å². The van der Waals surface area contributed by atoms with Gasteiger partial charge in [0, 0.05) is 0 Å². The van der Waals surface area contributed by atoms with E-state index in [0.29, 0.717) is 22.9 Å². The molecule has 0 aromatic heterocycles. The second kappa shape index (κ2) is 22.9. The van der Waals surface area contributed by atoms with E-state index in [9.17, 15) is 0 Å². The van der Waals surface area contributed by atoms with Crippen LogP contribution in [-0.2, 0) is 17.3 Å². The molecule has 0 unspecified atom stereocenters. The quantitative estimate of drug-likeness (QED) is 0.350. The number of hydrogen-bond acceptors (Lipinski definition) is 1. The fourth-order valence-electron chi connectivity index (χ4n) is 0. The van der Waals surface area contributed by atoms with E-state index in [1.807, 2.05) is 0 Å². The first-order chi connectivity index (χ1) is 2.41. The van der Waals surface area contributed by atoms with Gasteiger partial charge in [-0.3, -0.25) is 0 Å². The third-order valence-electron chi connectivity index (χ3n) is 0. The summed E-state index contributed by atoms with van der Waals surface area (Å²) in [6.07, 6.45) is 9.12. The van der Waals surface area contributed by atoms with Crippen LogP contribution in [0.3, 0.4) is 0 Å². The van der Waals surface area contributed by atoms with E-state index in [1.54, 1.807) is 0 Å².